The fraction of sp³-hybridized carbons (Fsp3) is 0.929. The zero-order valence-corrected chi connectivity index (χ0v) is 12.5. The zero-order chi connectivity index (χ0) is 14.6. The van der Waals surface area contributed by atoms with Gasteiger partial charge in [-0.05, 0) is 26.7 Å². The fourth-order valence-corrected chi connectivity index (χ4v) is 1.89. The monoisotopic (exact) mass is 275 g/mol. The Balaban J connectivity index is 4.05. The molecule has 0 aromatic rings. The van der Waals surface area contributed by atoms with Crippen LogP contribution in [0.3, 0.4) is 0 Å². The van der Waals surface area contributed by atoms with Crippen LogP contribution in [0.1, 0.15) is 52.9 Å². The summed E-state index contributed by atoms with van der Waals surface area (Å²) in [4.78, 5) is 11.7. The van der Waals surface area contributed by atoms with Crippen LogP contribution < -0.4 is 5.32 Å². The van der Waals surface area contributed by atoms with Crippen molar-refractivity contribution in [1.82, 2.24) is 5.32 Å². The predicted octanol–water partition coefficient (Wildman–Crippen LogP) is 1.83. The summed E-state index contributed by atoms with van der Waals surface area (Å²) in [6.07, 6.45) is 3.61. The molecule has 0 bridgehead atoms. The van der Waals surface area contributed by atoms with Crippen molar-refractivity contribution in [3.8, 4) is 0 Å². The molecule has 0 radical (unpaired) electrons. The summed E-state index contributed by atoms with van der Waals surface area (Å²) in [6, 6.07) is 0. The van der Waals surface area contributed by atoms with Crippen LogP contribution in [-0.2, 0) is 14.3 Å². The number of carbonyl (C=O) groups is 1. The van der Waals surface area contributed by atoms with Crippen LogP contribution in [0, 0.1) is 0 Å². The third-order valence-electron chi connectivity index (χ3n) is 2.97. The van der Waals surface area contributed by atoms with Gasteiger partial charge in [-0.25, -0.2) is 0 Å². The quantitative estimate of drug-likeness (QED) is 0.421. The number of nitrogens with one attached hydrogen (secondary N) is 1. The Morgan fingerprint density at radius 1 is 1.11 bits per heavy atom. The second kappa shape index (κ2) is 11.2. The lowest BCUT2D eigenvalue weighted by atomic mass is 10.1. The Bertz CT molecular complexity index is 227. The smallest absolute Gasteiger partial charge is 0.220 e. The van der Waals surface area contributed by atoms with Crippen LogP contribution in [-0.4, -0.2) is 43.2 Å². The van der Waals surface area contributed by atoms with E-state index in [4.69, 9.17) is 14.6 Å². The zero-order valence-electron chi connectivity index (χ0n) is 12.5. The Hall–Kier alpha value is -0.650. The minimum absolute atomic E-state index is 0.00942. The van der Waals surface area contributed by atoms with E-state index in [1.807, 2.05) is 20.8 Å². The Morgan fingerprint density at radius 2 is 1.74 bits per heavy atom. The molecule has 2 N–H and O–H groups in total. The molecule has 0 atom stereocenters. The van der Waals surface area contributed by atoms with E-state index >= 15 is 0 Å². The lowest BCUT2D eigenvalue weighted by molar-refractivity contribution is -0.231. The molecule has 0 aliphatic rings. The second-order valence-corrected chi connectivity index (χ2v) is 4.44. The molecule has 114 valence electrons. The molecule has 0 spiro atoms. The molecule has 5 nitrogen and oxygen atoms in total. The number of unbranched alkanes of at least 4 members (excludes halogenated alkanes) is 2. The van der Waals surface area contributed by atoms with E-state index in [1.54, 1.807) is 0 Å². The highest BCUT2D eigenvalue weighted by molar-refractivity contribution is 5.75. The van der Waals surface area contributed by atoms with Gasteiger partial charge >= 0.3 is 0 Å². The molecule has 0 aliphatic carbocycles. The van der Waals surface area contributed by atoms with Crippen LogP contribution in [0.5, 0.6) is 0 Å². The maximum absolute atomic E-state index is 11.7. The third kappa shape index (κ3) is 8.18. The van der Waals surface area contributed by atoms with Crippen molar-refractivity contribution in [2.24, 2.45) is 0 Å². The van der Waals surface area contributed by atoms with Gasteiger partial charge in [0.2, 0.25) is 5.91 Å². The average Bonchev–Trinajstić information content (AvgIpc) is 2.41. The molecule has 0 aromatic carbocycles. The summed E-state index contributed by atoms with van der Waals surface area (Å²) in [5, 5.41) is 11.5. The van der Waals surface area contributed by atoms with Gasteiger partial charge in [0.05, 0.1) is 6.54 Å². The summed E-state index contributed by atoms with van der Waals surface area (Å²) >= 11 is 0. The molecule has 0 aromatic heterocycles. The first-order valence-electron chi connectivity index (χ1n) is 7.29. The van der Waals surface area contributed by atoms with Gasteiger partial charge in [-0.15, -0.1) is 0 Å². The van der Waals surface area contributed by atoms with Gasteiger partial charge in [0.15, 0.2) is 5.79 Å². The van der Waals surface area contributed by atoms with Gasteiger partial charge in [-0.3, -0.25) is 4.79 Å². The maximum Gasteiger partial charge on any atom is 0.220 e. The largest absolute Gasteiger partial charge is 0.396 e. The lowest BCUT2D eigenvalue weighted by Gasteiger charge is -2.32. The van der Waals surface area contributed by atoms with E-state index in [0.29, 0.717) is 32.6 Å². The minimum atomic E-state index is -0.704. The van der Waals surface area contributed by atoms with Gasteiger partial charge in [-0.2, -0.15) is 0 Å². The summed E-state index contributed by atoms with van der Waals surface area (Å²) in [6.45, 7) is 7.50. The number of hydrogen-bond donors (Lipinski definition) is 2. The van der Waals surface area contributed by atoms with Crippen molar-refractivity contribution in [3.63, 3.8) is 0 Å². The van der Waals surface area contributed by atoms with Crippen molar-refractivity contribution < 1.29 is 19.4 Å². The highest BCUT2D eigenvalue weighted by atomic mass is 16.7. The maximum atomic E-state index is 11.7. The van der Waals surface area contributed by atoms with Gasteiger partial charge < -0.3 is 19.9 Å². The van der Waals surface area contributed by atoms with Gasteiger partial charge in [0.1, 0.15) is 0 Å². The first kappa shape index (κ1) is 18.4. The first-order valence-corrected chi connectivity index (χ1v) is 7.29. The van der Waals surface area contributed by atoms with E-state index in [-0.39, 0.29) is 12.5 Å². The molecular weight excluding hydrogens is 246 g/mol. The number of carbonyl (C=O) groups excluding carboxylic acids is 1. The standard InChI is InChI=1S/C14H29NO4/c1-4-14(18-5-2,19-6-3)12-15-13(17)10-8-7-9-11-16/h16H,4-12H2,1-3H3,(H,15,17). The van der Waals surface area contributed by atoms with E-state index in [1.165, 1.54) is 0 Å². The number of rotatable bonds is 12. The molecule has 0 unspecified atom stereocenters. The summed E-state index contributed by atoms with van der Waals surface area (Å²) in [7, 11) is 0. The minimum Gasteiger partial charge on any atom is -0.396 e. The highest BCUT2D eigenvalue weighted by Crippen LogP contribution is 2.17. The number of aliphatic hydroxyl groups is 1. The van der Waals surface area contributed by atoms with E-state index < -0.39 is 5.79 Å². The Labute approximate surface area is 116 Å². The average molecular weight is 275 g/mol. The molecule has 0 aliphatic heterocycles. The summed E-state index contributed by atoms with van der Waals surface area (Å²) < 4.78 is 11.3. The van der Waals surface area contributed by atoms with Crippen LogP contribution in [0.2, 0.25) is 0 Å². The second-order valence-electron chi connectivity index (χ2n) is 4.44. The van der Waals surface area contributed by atoms with Crippen molar-refractivity contribution in [1.29, 1.82) is 0 Å². The van der Waals surface area contributed by atoms with Gasteiger partial charge in [0, 0.05) is 32.7 Å². The molecule has 19 heavy (non-hydrogen) atoms. The fourth-order valence-electron chi connectivity index (χ4n) is 1.89. The topological polar surface area (TPSA) is 67.8 Å². The normalized spacial score (nSPS) is 11.6. The van der Waals surface area contributed by atoms with Crippen molar-refractivity contribution in [2.45, 2.75) is 58.7 Å². The van der Waals surface area contributed by atoms with Crippen molar-refractivity contribution in [2.75, 3.05) is 26.4 Å². The lowest BCUT2D eigenvalue weighted by Crippen LogP contribution is -2.47. The summed E-state index contributed by atoms with van der Waals surface area (Å²) in [5.74, 6) is -0.695. The molecule has 0 fully saturated rings. The number of amides is 1. The van der Waals surface area contributed by atoms with E-state index in [2.05, 4.69) is 5.32 Å². The SMILES string of the molecule is CCOC(CC)(CNC(=O)CCCCCO)OCC. The third-order valence-corrected chi connectivity index (χ3v) is 2.97. The molecule has 0 saturated carbocycles. The number of aliphatic hydroxyl groups excluding tert-OH is 1. The Kier molecular flexibility index (Phi) is 10.8. The molecular formula is C14H29NO4. The number of ether oxygens (including phenoxy) is 2. The predicted molar refractivity (Wildman–Crippen MR) is 74.8 cm³/mol. The van der Waals surface area contributed by atoms with E-state index in [0.717, 1.165) is 19.3 Å². The van der Waals surface area contributed by atoms with Gasteiger partial charge in [-0.1, -0.05) is 13.3 Å². The number of hydrogen-bond acceptors (Lipinski definition) is 4. The molecule has 5 heteroatoms. The van der Waals surface area contributed by atoms with Crippen LogP contribution in [0.15, 0.2) is 0 Å². The Morgan fingerprint density at radius 3 is 2.21 bits per heavy atom. The van der Waals surface area contributed by atoms with Crippen LogP contribution >= 0.6 is 0 Å². The van der Waals surface area contributed by atoms with Crippen LogP contribution in [0.4, 0.5) is 0 Å². The van der Waals surface area contributed by atoms with Crippen LogP contribution in [0.25, 0.3) is 0 Å². The van der Waals surface area contributed by atoms with Crippen molar-refractivity contribution >= 4 is 5.91 Å². The molecule has 0 rings (SSSR count). The summed E-state index contributed by atoms with van der Waals surface area (Å²) in [5.41, 5.74) is 0. The molecule has 1 amide bonds. The van der Waals surface area contributed by atoms with Crippen molar-refractivity contribution in [3.05, 3.63) is 0 Å². The van der Waals surface area contributed by atoms with E-state index in [9.17, 15) is 4.79 Å². The first-order chi connectivity index (χ1) is 9.14. The molecule has 0 heterocycles. The molecule has 0 saturated heterocycles. The highest BCUT2D eigenvalue weighted by Gasteiger charge is 2.29. The van der Waals surface area contributed by atoms with Gasteiger partial charge in [0.25, 0.3) is 0 Å².